The Labute approximate surface area is 126 Å². The summed E-state index contributed by atoms with van der Waals surface area (Å²) in [4.78, 5) is 12.7. The maximum absolute atomic E-state index is 12.7. The summed E-state index contributed by atoms with van der Waals surface area (Å²) in [5, 5.41) is 12.5. The molecule has 0 radical (unpaired) electrons. The number of carbonyl (C=O) groups is 1. The van der Waals surface area contributed by atoms with Crippen molar-refractivity contribution in [3.8, 4) is 6.07 Å². The average molecular weight is 282 g/mol. The number of amides is 1. The number of nitriles is 1. The third kappa shape index (κ3) is 2.81. The highest BCUT2D eigenvalue weighted by Gasteiger charge is 2.51. The highest BCUT2D eigenvalue weighted by Crippen LogP contribution is 2.48. The standard InChI is InChI=1S/C18H22N2O/c19-13-16(14-7-3-1-4-8-14)20-17(21)18(11-12-18)15-9-5-2-6-10-15/h2,5-6,9-10,14,16H,1,3-4,7-8,11-12H2,(H,20,21). The van der Waals surface area contributed by atoms with E-state index < -0.39 is 0 Å². The Bertz CT molecular complexity index is 536. The van der Waals surface area contributed by atoms with Gasteiger partial charge in [-0.1, -0.05) is 49.6 Å². The first kappa shape index (κ1) is 14.1. The summed E-state index contributed by atoms with van der Waals surface area (Å²) in [6, 6.07) is 12.0. The van der Waals surface area contributed by atoms with E-state index in [1.807, 2.05) is 30.3 Å². The van der Waals surface area contributed by atoms with Crippen LogP contribution in [-0.4, -0.2) is 11.9 Å². The number of benzene rings is 1. The van der Waals surface area contributed by atoms with Crippen LogP contribution in [0.5, 0.6) is 0 Å². The van der Waals surface area contributed by atoms with E-state index in [2.05, 4.69) is 11.4 Å². The van der Waals surface area contributed by atoms with Gasteiger partial charge in [0.15, 0.2) is 0 Å². The van der Waals surface area contributed by atoms with E-state index in [1.54, 1.807) is 0 Å². The molecular weight excluding hydrogens is 260 g/mol. The van der Waals surface area contributed by atoms with Gasteiger partial charge in [-0.25, -0.2) is 0 Å². The van der Waals surface area contributed by atoms with Gasteiger partial charge in [0, 0.05) is 0 Å². The first-order chi connectivity index (χ1) is 10.3. The van der Waals surface area contributed by atoms with E-state index in [0.29, 0.717) is 5.92 Å². The second-order valence-corrected chi connectivity index (χ2v) is 6.43. The van der Waals surface area contributed by atoms with Crippen LogP contribution in [-0.2, 0) is 10.2 Å². The lowest BCUT2D eigenvalue weighted by Crippen LogP contribution is -2.45. The predicted molar refractivity (Wildman–Crippen MR) is 81.5 cm³/mol. The van der Waals surface area contributed by atoms with Crippen LogP contribution in [0.3, 0.4) is 0 Å². The van der Waals surface area contributed by atoms with Crippen molar-refractivity contribution in [2.45, 2.75) is 56.4 Å². The molecule has 1 amide bonds. The third-order valence-corrected chi connectivity index (χ3v) is 5.06. The Balaban J connectivity index is 1.69. The summed E-state index contributed by atoms with van der Waals surface area (Å²) in [5.41, 5.74) is 0.716. The zero-order valence-electron chi connectivity index (χ0n) is 12.3. The lowest BCUT2D eigenvalue weighted by molar-refractivity contribution is -0.124. The van der Waals surface area contributed by atoms with Crippen molar-refractivity contribution in [1.29, 1.82) is 5.26 Å². The summed E-state index contributed by atoms with van der Waals surface area (Å²) >= 11 is 0. The Kier molecular flexibility index (Phi) is 3.96. The van der Waals surface area contributed by atoms with E-state index in [9.17, 15) is 10.1 Å². The molecule has 1 atom stereocenters. The molecule has 2 saturated carbocycles. The maximum atomic E-state index is 12.7. The van der Waals surface area contributed by atoms with Crippen LogP contribution in [0.4, 0.5) is 0 Å². The van der Waals surface area contributed by atoms with Gasteiger partial charge in [-0.2, -0.15) is 5.26 Å². The van der Waals surface area contributed by atoms with Gasteiger partial charge in [0.2, 0.25) is 5.91 Å². The predicted octanol–water partition coefficient (Wildman–Crippen LogP) is 3.31. The number of hydrogen-bond donors (Lipinski definition) is 1. The molecule has 1 unspecified atom stereocenters. The monoisotopic (exact) mass is 282 g/mol. The molecule has 1 aromatic carbocycles. The van der Waals surface area contributed by atoms with Crippen molar-refractivity contribution < 1.29 is 4.79 Å². The quantitative estimate of drug-likeness (QED) is 0.921. The molecule has 1 aromatic rings. The minimum Gasteiger partial charge on any atom is -0.339 e. The fraction of sp³-hybridized carbons (Fsp3) is 0.556. The smallest absolute Gasteiger partial charge is 0.231 e. The number of hydrogen-bond acceptors (Lipinski definition) is 2. The van der Waals surface area contributed by atoms with Gasteiger partial charge in [-0.15, -0.1) is 0 Å². The summed E-state index contributed by atoms with van der Waals surface area (Å²) in [6.07, 6.45) is 7.55. The molecule has 2 aliphatic rings. The fourth-order valence-corrected chi connectivity index (χ4v) is 3.53. The highest BCUT2D eigenvalue weighted by molar-refractivity contribution is 5.91. The van der Waals surface area contributed by atoms with Crippen LogP contribution in [0.1, 0.15) is 50.5 Å². The van der Waals surface area contributed by atoms with Crippen molar-refractivity contribution >= 4 is 5.91 Å². The van der Waals surface area contributed by atoms with Crippen molar-refractivity contribution in [3.05, 3.63) is 35.9 Å². The van der Waals surface area contributed by atoms with Gasteiger partial charge in [0.25, 0.3) is 0 Å². The van der Waals surface area contributed by atoms with Crippen LogP contribution >= 0.6 is 0 Å². The van der Waals surface area contributed by atoms with Gasteiger partial charge in [0.05, 0.1) is 11.5 Å². The molecule has 21 heavy (non-hydrogen) atoms. The Morgan fingerprint density at radius 1 is 1.19 bits per heavy atom. The van der Waals surface area contributed by atoms with Crippen molar-refractivity contribution in [3.63, 3.8) is 0 Å². The lowest BCUT2D eigenvalue weighted by atomic mass is 9.84. The molecule has 0 saturated heterocycles. The Hall–Kier alpha value is -1.82. The summed E-state index contributed by atoms with van der Waals surface area (Å²) in [5.74, 6) is 0.380. The first-order valence-electron chi connectivity index (χ1n) is 8.02. The number of rotatable bonds is 4. The van der Waals surface area contributed by atoms with Crippen molar-refractivity contribution in [2.24, 2.45) is 5.92 Å². The van der Waals surface area contributed by atoms with Crippen molar-refractivity contribution in [2.75, 3.05) is 0 Å². The zero-order valence-corrected chi connectivity index (χ0v) is 12.3. The molecule has 0 bridgehead atoms. The van der Waals surface area contributed by atoms with E-state index in [-0.39, 0.29) is 17.4 Å². The molecule has 0 aliphatic heterocycles. The first-order valence-corrected chi connectivity index (χ1v) is 8.02. The van der Waals surface area contributed by atoms with Crippen LogP contribution in [0.2, 0.25) is 0 Å². The van der Waals surface area contributed by atoms with Crippen LogP contribution < -0.4 is 5.32 Å². The van der Waals surface area contributed by atoms with E-state index in [0.717, 1.165) is 31.2 Å². The number of carbonyl (C=O) groups excluding carboxylic acids is 1. The van der Waals surface area contributed by atoms with Gasteiger partial charge in [-0.3, -0.25) is 4.79 Å². The van der Waals surface area contributed by atoms with Gasteiger partial charge >= 0.3 is 0 Å². The van der Waals surface area contributed by atoms with Crippen LogP contribution in [0, 0.1) is 17.2 Å². The van der Waals surface area contributed by atoms with Crippen molar-refractivity contribution in [1.82, 2.24) is 5.32 Å². The molecule has 2 fully saturated rings. The topological polar surface area (TPSA) is 52.9 Å². The van der Waals surface area contributed by atoms with Gasteiger partial charge < -0.3 is 5.32 Å². The second-order valence-electron chi connectivity index (χ2n) is 6.43. The molecule has 110 valence electrons. The van der Waals surface area contributed by atoms with Gasteiger partial charge in [-0.05, 0) is 37.2 Å². The summed E-state index contributed by atoms with van der Waals surface area (Å²) in [7, 11) is 0. The highest BCUT2D eigenvalue weighted by atomic mass is 16.2. The molecule has 3 rings (SSSR count). The number of nitrogens with one attached hydrogen (secondary N) is 1. The molecule has 2 aliphatic carbocycles. The maximum Gasteiger partial charge on any atom is 0.231 e. The summed E-state index contributed by atoms with van der Waals surface area (Å²) in [6.45, 7) is 0. The minimum atomic E-state index is -0.370. The average Bonchev–Trinajstić information content (AvgIpc) is 3.36. The normalized spacial score (nSPS) is 22.0. The molecule has 0 aromatic heterocycles. The van der Waals surface area contributed by atoms with E-state index in [1.165, 1.54) is 19.3 Å². The molecule has 1 N–H and O–H groups in total. The zero-order chi connectivity index (χ0) is 14.7. The van der Waals surface area contributed by atoms with Crippen LogP contribution in [0.25, 0.3) is 0 Å². The number of nitrogens with zero attached hydrogens (tertiary/aromatic N) is 1. The lowest BCUT2D eigenvalue weighted by Gasteiger charge is -2.28. The molecule has 0 spiro atoms. The Morgan fingerprint density at radius 3 is 2.43 bits per heavy atom. The van der Waals surface area contributed by atoms with Gasteiger partial charge in [0.1, 0.15) is 6.04 Å². The van der Waals surface area contributed by atoms with Crippen LogP contribution in [0.15, 0.2) is 30.3 Å². The molecule has 3 heteroatoms. The largest absolute Gasteiger partial charge is 0.339 e. The molecule has 0 heterocycles. The van der Waals surface area contributed by atoms with E-state index >= 15 is 0 Å². The summed E-state index contributed by atoms with van der Waals surface area (Å²) < 4.78 is 0. The molecular formula is C18H22N2O. The molecule has 3 nitrogen and oxygen atoms in total. The SMILES string of the molecule is N#CC(NC(=O)C1(c2ccccc2)CC1)C1CCCCC1. The second kappa shape index (κ2) is 5.89. The van der Waals surface area contributed by atoms with E-state index in [4.69, 9.17) is 0 Å². The third-order valence-electron chi connectivity index (χ3n) is 5.06. The minimum absolute atomic E-state index is 0.0471. The Morgan fingerprint density at radius 2 is 1.86 bits per heavy atom. The fourth-order valence-electron chi connectivity index (χ4n) is 3.53.